The number of nitrogens with zero attached hydrogens (tertiary/aromatic N) is 2. The topological polar surface area (TPSA) is 64.7 Å². The Bertz CT molecular complexity index is 1040. The largest absolute Gasteiger partial charge is 0.324 e. The van der Waals surface area contributed by atoms with Gasteiger partial charge in [0.05, 0.1) is 0 Å². The number of hydrogen-bond acceptors (Lipinski definition) is 3. The number of carbonyl (C=O) groups is 2. The number of anilines is 2. The van der Waals surface area contributed by atoms with E-state index in [0.29, 0.717) is 18.7 Å². The number of urea groups is 1. The third-order valence-corrected chi connectivity index (χ3v) is 6.38. The Kier molecular flexibility index (Phi) is 6.48. The van der Waals surface area contributed by atoms with Gasteiger partial charge in [0.2, 0.25) is 5.91 Å². The number of fused-ring (bicyclic) bond motifs is 1. The number of amides is 3. The van der Waals surface area contributed by atoms with Crippen LogP contribution in [-0.4, -0.2) is 54.5 Å². The Hall–Kier alpha value is -3.30. The molecule has 0 radical (unpaired) electrons. The summed E-state index contributed by atoms with van der Waals surface area (Å²) in [5.41, 5.74) is 4.84. The lowest BCUT2D eigenvalue weighted by Crippen LogP contribution is -2.45. The number of likely N-dealkylation sites (N-methyl/N-ethyl adjacent to an activating group) is 1. The van der Waals surface area contributed by atoms with E-state index in [2.05, 4.69) is 47.6 Å². The zero-order chi connectivity index (χ0) is 22.7. The summed E-state index contributed by atoms with van der Waals surface area (Å²) < 4.78 is 0. The Morgan fingerprint density at radius 1 is 1.00 bits per heavy atom. The van der Waals surface area contributed by atoms with Gasteiger partial charge in [-0.25, -0.2) is 4.79 Å². The molecular formula is C26H30N4O2. The number of carbonyl (C=O) groups excluding carboxylic acids is 2. The van der Waals surface area contributed by atoms with Gasteiger partial charge >= 0.3 is 6.03 Å². The van der Waals surface area contributed by atoms with Crippen molar-refractivity contribution in [2.75, 3.05) is 37.3 Å². The van der Waals surface area contributed by atoms with Crippen LogP contribution in [0.4, 0.5) is 16.2 Å². The average Bonchev–Trinajstić information content (AvgIpc) is 3.09. The predicted molar refractivity (Wildman–Crippen MR) is 128 cm³/mol. The fourth-order valence-corrected chi connectivity index (χ4v) is 4.50. The van der Waals surface area contributed by atoms with E-state index in [1.54, 1.807) is 29.2 Å². The van der Waals surface area contributed by atoms with Crippen molar-refractivity contribution in [2.24, 2.45) is 5.92 Å². The van der Waals surface area contributed by atoms with Crippen molar-refractivity contribution >= 4 is 23.3 Å². The van der Waals surface area contributed by atoms with E-state index < -0.39 is 6.04 Å². The summed E-state index contributed by atoms with van der Waals surface area (Å²) in [6, 6.07) is 12.5. The van der Waals surface area contributed by atoms with Crippen LogP contribution in [0.3, 0.4) is 0 Å². The molecule has 3 amide bonds. The van der Waals surface area contributed by atoms with Crippen LogP contribution in [0.5, 0.6) is 0 Å². The second kappa shape index (κ2) is 9.46. The highest BCUT2D eigenvalue weighted by Crippen LogP contribution is 2.26. The molecular weight excluding hydrogens is 400 g/mol. The van der Waals surface area contributed by atoms with E-state index >= 15 is 0 Å². The zero-order valence-corrected chi connectivity index (χ0v) is 18.7. The second-order valence-electron chi connectivity index (χ2n) is 8.94. The summed E-state index contributed by atoms with van der Waals surface area (Å²) in [6.45, 7) is 4.67. The number of hydrogen-bond donors (Lipinski definition) is 2. The van der Waals surface area contributed by atoms with Crippen molar-refractivity contribution in [1.82, 2.24) is 9.80 Å². The van der Waals surface area contributed by atoms with Gasteiger partial charge in [0.1, 0.15) is 6.04 Å². The van der Waals surface area contributed by atoms with Crippen LogP contribution < -0.4 is 10.6 Å². The molecule has 2 aromatic carbocycles. The molecule has 1 saturated heterocycles. The SMILES string of the molecule is C#Cc1ccc(NC(=O)N2C[C@H](C)C[C@@H]2C(=O)Nc2ccc3c(c2)CCN(C)CC3)cc1. The molecule has 0 aliphatic carbocycles. The van der Waals surface area contributed by atoms with Crippen molar-refractivity contribution in [1.29, 1.82) is 0 Å². The minimum absolute atomic E-state index is 0.141. The minimum Gasteiger partial charge on any atom is -0.324 e. The molecule has 2 aliphatic rings. The number of rotatable bonds is 3. The standard InChI is InChI=1S/C26H30N4O2/c1-4-19-5-8-22(9-6-19)28-26(32)30-17-18(2)15-24(30)25(31)27-23-10-7-20-11-13-29(3)14-12-21(20)16-23/h1,5-10,16,18,24H,11-15,17H2,2-3H3,(H,27,31)(H,28,32)/t18-,24-/m1/s1. The summed E-state index contributed by atoms with van der Waals surface area (Å²) in [5.74, 6) is 2.67. The van der Waals surface area contributed by atoms with E-state index in [1.807, 2.05) is 6.07 Å². The predicted octanol–water partition coefficient (Wildman–Crippen LogP) is 3.58. The third kappa shape index (κ3) is 4.95. The summed E-state index contributed by atoms with van der Waals surface area (Å²) in [7, 11) is 2.14. The molecule has 0 bridgehead atoms. The molecule has 2 aliphatic heterocycles. The molecule has 6 nitrogen and oxygen atoms in total. The van der Waals surface area contributed by atoms with Crippen LogP contribution in [0.1, 0.15) is 30.0 Å². The number of likely N-dealkylation sites (tertiary alicyclic amines) is 1. The summed E-state index contributed by atoms with van der Waals surface area (Å²) >= 11 is 0. The Morgan fingerprint density at radius 3 is 2.41 bits per heavy atom. The molecule has 1 fully saturated rings. The number of terminal acetylenes is 1. The Labute approximate surface area is 190 Å². The molecule has 0 unspecified atom stereocenters. The van der Waals surface area contributed by atoms with Crippen LogP contribution >= 0.6 is 0 Å². The van der Waals surface area contributed by atoms with Gasteiger partial charge in [-0.1, -0.05) is 18.9 Å². The first kappa shape index (κ1) is 21.9. The first-order valence-electron chi connectivity index (χ1n) is 11.2. The fraction of sp³-hybridized carbons (Fsp3) is 0.385. The summed E-state index contributed by atoms with van der Waals surface area (Å²) in [5, 5.41) is 5.94. The molecule has 0 spiro atoms. The van der Waals surface area contributed by atoms with E-state index in [4.69, 9.17) is 6.42 Å². The lowest BCUT2D eigenvalue weighted by molar-refractivity contribution is -0.119. The van der Waals surface area contributed by atoms with Gasteiger partial charge in [0.25, 0.3) is 0 Å². The third-order valence-electron chi connectivity index (χ3n) is 6.38. The van der Waals surface area contributed by atoms with Crippen molar-refractivity contribution in [2.45, 2.75) is 32.2 Å². The molecule has 32 heavy (non-hydrogen) atoms. The lowest BCUT2D eigenvalue weighted by atomic mass is 10.0. The van der Waals surface area contributed by atoms with Gasteiger partial charge in [0.15, 0.2) is 0 Å². The van der Waals surface area contributed by atoms with Crippen LogP contribution in [0.15, 0.2) is 42.5 Å². The van der Waals surface area contributed by atoms with Crippen molar-refractivity contribution in [3.05, 3.63) is 59.2 Å². The van der Waals surface area contributed by atoms with Gasteiger partial charge in [-0.05, 0) is 79.8 Å². The lowest BCUT2D eigenvalue weighted by Gasteiger charge is -2.24. The summed E-state index contributed by atoms with van der Waals surface area (Å²) in [4.78, 5) is 30.0. The Morgan fingerprint density at radius 2 is 1.69 bits per heavy atom. The van der Waals surface area contributed by atoms with Crippen molar-refractivity contribution in [3.8, 4) is 12.3 Å². The maximum Gasteiger partial charge on any atom is 0.322 e. The quantitative estimate of drug-likeness (QED) is 0.732. The van der Waals surface area contributed by atoms with E-state index in [1.165, 1.54) is 11.1 Å². The Balaban J connectivity index is 1.44. The van der Waals surface area contributed by atoms with Gasteiger partial charge in [-0.15, -0.1) is 6.42 Å². The normalized spacial score (nSPS) is 20.7. The highest BCUT2D eigenvalue weighted by molar-refractivity contribution is 5.99. The monoisotopic (exact) mass is 430 g/mol. The van der Waals surface area contributed by atoms with Crippen molar-refractivity contribution < 1.29 is 9.59 Å². The van der Waals surface area contributed by atoms with Crippen molar-refractivity contribution in [3.63, 3.8) is 0 Å². The van der Waals surface area contributed by atoms with Gasteiger partial charge < -0.3 is 20.4 Å². The van der Waals surface area contributed by atoms with E-state index in [9.17, 15) is 9.59 Å². The van der Waals surface area contributed by atoms with E-state index in [-0.39, 0.29) is 17.9 Å². The zero-order valence-electron chi connectivity index (χ0n) is 18.7. The second-order valence-corrected chi connectivity index (χ2v) is 8.94. The maximum atomic E-state index is 13.1. The molecule has 4 rings (SSSR count). The molecule has 6 heteroatoms. The number of nitrogens with one attached hydrogen (secondary N) is 2. The van der Waals surface area contributed by atoms with Gasteiger partial charge in [0, 0.05) is 36.6 Å². The molecule has 2 heterocycles. The van der Waals surface area contributed by atoms with Gasteiger partial charge in [-0.2, -0.15) is 0 Å². The molecule has 0 saturated carbocycles. The molecule has 0 aromatic heterocycles. The highest BCUT2D eigenvalue weighted by atomic mass is 16.2. The molecule has 2 aromatic rings. The molecule has 2 N–H and O–H groups in total. The average molecular weight is 431 g/mol. The van der Waals surface area contributed by atoms with Crippen LogP contribution in [0.25, 0.3) is 0 Å². The van der Waals surface area contributed by atoms with E-state index in [0.717, 1.165) is 37.2 Å². The fourth-order valence-electron chi connectivity index (χ4n) is 4.50. The molecule has 166 valence electrons. The molecule has 2 atom stereocenters. The first-order chi connectivity index (χ1) is 15.4. The first-order valence-corrected chi connectivity index (χ1v) is 11.2. The highest BCUT2D eigenvalue weighted by Gasteiger charge is 2.38. The van der Waals surface area contributed by atoms with Crippen LogP contribution in [-0.2, 0) is 17.6 Å². The van der Waals surface area contributed by atoms with Gasteiger partial charge in [-0.3, -0.25) is 4.79 Å². The maximum absolute atomic E-state index is 13.1. The van der Waals surface area contributed by atoms with Crippen LogP contribution in [0.2, 0.25) is 0 Å². The van der Waals surface area contributed by atoms with Crippen LogP contribution in [0, 0.1) is 18.3 Å². The minimum atomic E-state index is -0.500. The smallest absolute Gasteiger partial charge is 0.322 e. The number of benzene rings is 2. The summed E-state index contributed by atoms with van der Waals surface area (Å²) in [6.07, 6.45) is 8.03.